The van der Waals surface area contributed by atoms with E-state index in [0.29, 0.717) is 12.1 Å². The van der Waals surface area contributed by atoms with Crippen molar-refractivity contribution in [2.24, 2.45) is 0 Å². The molecule has 2 aliphatic heterocycles. The number of amides is 1. The predicted molar refractivity (Wildman–Crippen MR) is 33.5 cm³/mol. The van der Waals surface area contributed by atoms with Crippen LogP contribution in [0.15, 0.2) is 0 Å². The molecule has 0 aromatic heterocycles. The highest BCUT2D eigenvalue weighted by atomic mass is 16.6. The van der Waals surface area contributed by atoms with E-state index in [0.717, 1.165) is 6.42 Å². The number of hydrogen-bond acceptors (Lipinski definition) is 2. The van der Waals surface area contributed by atoms with Crippen LogP contribution in [0.3, 0.4) is 0 Å². The monoisotopic (exact) mass is 139 g/mol. The Hall–Kier alpha value is -0.730. The van der Waals surface area contributed by atoms with Gasteiger partial charge >= 0.3 is 6.09 Å². The lowest BCUT2D eigenvalue weighted by molar-refractivity contribution is 0.0997. The van der Waals surface area contributed by atoms with Crippen LogP contribution in [-0.4, -0.2) is 29.2 Å². The molecule has 0 aromatic carbocycles. The van der Waals surface area contributed by atoms with Crippen molar-refractivity contribution in [3.05, 3.63) is 0 Å². The molecule has 0 N–H and O–H groups in total. The summed E-state index contributed by atoms with van der Waals surface area (Å²) in [4.78, 5) is 12.8. The fraction of sp³-hybridized carbons (Fsp3) is 0.857. The summed E-state index contributed by atoms with van der Waals surface area (Å²) in [7, 11) is 0. The van der Waals surface area contributed by atoms with Crippen LogP contribution in [0.1, 0.15) is 19.3 Å². The molecule has 3 nitrogen and oxygen atoms in total. The third-order valence-corrected chi connectivity index (χ3v) is 2.82. The first-order valence-corrected chi connectivity index (χ1v) is 3.87. The smallest absolute Gasteiger partial charge is 0.410 e. The molecule has 0 aromatic rings. The van der Waals surface area contributed by atoms with E-state index in [-0.39, 0.29) is 12.2 Å². The quantitative estimate of drug-likeness (QED) is 0.463. The summed E-state index contributed by atoms with van der Waals surface area (Å²) in [5.74, 6) is 0. The minimum Gasteiger partial charge on any atom is -0.444 e. The predicted octanol–water partition coefficient (Wildman–Crippen LogP) is 0.742. The SMILES string of the molecule is O=C1OC2CCCC3C2N13. The van der Waals surface area contributed by atoms with Gasteiger partial charge in [0, 0.05) is 0 Å². The Morgan fingerprint density at radius 2 is 2.40 bits per heavy atom. The van der Waals surface area contributed by atoms with Gasteiger partial charge in [-0.15, -0.1) is 0 Å². The summed E-state index contributed by atoms with van der Waals surface area (Å²) >= 11 is 0. The maximum Gasteiger partial charge on any atom is 0.410 e. The van der Waals surface area contributed by atoms with Crippen molar-refractivity contribution in [2.45, 2.75) is 37.5 Å². The summed E-state index contributed by atoms with van der Waals surface area (Å²) in [5, 5.41) is 0. The van der Waals surface area contributed by atoms with Crippen LogP contribution in [0.5, 0.6) is 0 Å². The number of hydrogen-bond donors (Lipinski definition) is 0. The van der Waals surface area contributed by atoms with Gasteiger partial charge in [-0.3, -0.25) is 4.90 Å². The molecular formula is C7H9NO2. The number of fused-ring (bicyclic) bond motifs is 1. The van der Waals surface area contributed by atoms with Crippen molar-refractivity contribution in [1.29, 1.82) is 0 Å². The van der Waals surface area contributed by atoms with Gasteiger partial charge in [-0.25, -0.2) is 4.79 Å². The molecule has 3 rings (SSSR count). The summed E-state index contributed by atoms with van der Waals surface area (Å²) in [6.07, 6.45) is 3.71. The van der Waals surface area contributed by atoms with Crippen molar-refractivity contribution >= 4 is 6.09 Å². The summed E-state index contributed by atoms with van der Waals surface area (Å²) in [6.45, 7) is 0. The molecule has 0 radical (unpaired) electrons. The minimum atomic E-state index is -0.0697. The zero-order chi connectivity index (χ0) is 6.72. The Morgan fingerprint density at radius 1 is 1.50 bits per heavy atom. The Balaban J connectivity index is 1.95. The minimum absolute atomic E-state index is 0.0697. The van der Waals surface area contributed by atoms with Gasteiger partial charge < -0.3 is 4.74 Å². The topological polar surface area (TPSA) is 29.3 Å². The van der Waals surface area contributed by atoms with E-state index in [9.17, 15) is 4.79 Å². The van der Waals surface area contributed by atoms with Crippen LogP contribution < -0.4 is 0 Å². The second kappa shape index (κ2) is 1.31. The summed E-state index contributed by atoms with van der Waals surface area (Å²) in [5.41, 5.74) is 0. The van der Waals surface area contributed by atoms with Crippen LogP contribution in [0.25, 0.3) is 0 Å². The van der Waals surface area contributed by atoms with Gasteiger partial charge in [-0.05, 0) is 19.3 Å². The maximum atomic E-state index is 10.9. The number of rotatable bonds is 0. The molecule has 1 amide bonds. The van der Waals surface area contributed by atoms with E-state index in [1.165, 1.54) is 12.8 Å². The van der Waals surface area contributed by atoms with E-state index >= 15 is 0 Å². The molecule has 0 bridgehead atoms. The van der Waals surface area contributed by atoms with Crippen LogP contribution in [-0.2, 0) is 4.74 Å². The van der Waals surface area contributed by atoms with Gasteiger partial charge in [0.15, 0.2) is 0 Å². The highest BCUT2D eigenvalue weighted by Crippen LogP contribution is 2.47. The molecule has 0 spiro atoms. The van der Waals surface area contributed by atoms with E-state index < -0.39 is 0 Å². The third kappa shape index (κ3) is 0.384. The highest BCUT2D eigenvalue weighted by Gasteiger charge is 2.63. The first kappa shape index (κ1) is 4.99. The molecule has 1 saturated carbocycles. The average molecular weight is 139 g/mol. The van der Waals surface area contributed by atoms with E-state index in [4.69, 9.17) is 4.74 Å². The normalized spacial score (nSPS) is 48.6. The van der Waals surface area contributed by atoms with Crippen molar-refractivity contribution < 1.29 is 9.53 Å². The second-order valence-electron chi connectivity index (χ2n) is 3.32. The van der Waals surface area contributed by atoms with Crippen molar-refractivity contribution in [2.75, 3.05) is 0 Å². The van der Waals surface area contributed by atoms with Crippen LogP contribution in [0, 0.1) is 0 Å². The van der Waals surface area contributed by atoms with Gasteiger partial charge in [0.2, 0.25) is 0 Å². The molecule has 54 valence electrons. The lowest BCUT2D eigenvalue weighted by Gasteiger charge is -2.16. The maximum absolute atomic E-state index is 10.9. The molecule has 2 saturated heterocycles. The number of carbonyl (C=O) groups is 1. The van der Waals surface area contributed by atoms with E-state index in [1.54, 1.807) is 0 Å². The average Bonchev–Trinajstić information content (AvgIpc) is 2.51. The van der Waals surface area contributed by atoms with Gasteiger partial charge in [-0.1, -0.05) is 0 Å². The van der Waals surface area contributed by atoms with Crippen LogP contribution in [0.2, 0.25) is 0 Å². The molecule has 3 atom stereocenters. The molecule has 3 heteroatoms. The highest BCUT2D eigenvalue weighted by molar-refractivity contribution is 5.75. The number of nitrogens with zero attached hydrogens (tertiary/aromatic N) is 1. The van der Waals surface area contributed by atoms with Crippen molar-refractivity contribution in [1.82, 2.24) is 4.90 Å². The largest absolute Gasteiger partial charge is 0.444 e. The first-order chi connectivity index (χ1) is 4.88. The van der Waals surface area contributed by atoms with Crippen molar-refractivity contribution in [3.8, 4) is 0 Å². The van der Waals surface area contributed by atoms with Gasteiger partial charge in [0.05, 0.1) is 12.1 Å². The Morgan fingerprint density at radius 3 is 3.10 bits per heavy atom. The standard InChI is InChI=1S/C7H9NO2/c9-7-8-4-2-1-3-5(10-7)6(4)8/h4-6H,1-3H2. The van der Waals surface area contributed by atoms with Crippen LogP contribution >= 0.6 is 0 Å². The van der Waals surface area contributed by atoms with Gasteiger partial charge in [0.1, 0.15) is 6.10 Å². The summed E-state index contributed by atoms with van der Waals surface area (Å²) in [6, 6.07) is 1.06. The number of ether oxygens (including phenoxy) is 1. The lowest BCUT2D eigenvalue weighted by atomic mass is 9.98. The molecule has 3 fully saturated rings. The number of carbonyl (C=O) groups excluding carboxylic acids is 1. The van der Waals surface area contributed by atoms with Crippen molar-refractivity contribution in [3.63, 3.8) is 0 Å². The van der Waals surface area contributed by atoms with E-state index in [1.807, 2.05) is 4.90 Å². The Kier molecular flexibility index (Phi) is 0.654. The molecule has 10 heavy (non-hydrogen) atoms. The second-order valence-corrected chi connectivity index (χ2v) is 3.32. The van der Waals surface area contributed by atoms with Gasteiger partial charge in [0.25, 0.3) is 0 Å². The fourth-order valence-corrected chi connectivity index (χ4v) is 2.31. The fourth-order valence-electron chi connectivity index (χ4n) is 2.31. The molecule has 3 unspecified atom stereocenters. The zero-order valence-electron chi connectivity index (χ0n) is 5.62. The Bertz CT molecular complexity index is 204. The van der Waals surface area contributed by atoms with Crippen LogP contribution in [0.4, 0.5) is 4.79 Å². The van der Waals surface area contributed by atoms with Gasteiger partial charge in [-0.2, -0.15) is 0 Å². The molecular weight excluding hydrogens is 130 g/mol. The lowest BCUT2D eigenvalue weighted by Crippen LogP contribution is -2.25. The molecule has 1 aliphatic carbocycles. The first-order valence-electron chi connectivity index (χ1n) is 3.87. The third-order valence-electron chi connectivity index (χ3n) is 2.82. The van der Waals surface area contributed by atoms with E-state index in [2.05, 4.69) is 0 Å². The zero-order valence-corrected chi connectivity index (χ0v) is 5.62. The molecule has 2 heterocycles. The molecule has 3 aliphatic rings. The summed E-state index contributed by atoms with van der Waals surface area (Å²) < 4.78 is 5.08. The Labute approximate surface area is 58.9 Å².